The standard InChI is InChI=1S/C13H23N3O2/c1-10-5-15-6-11(18-10)12(17)16-8-13(9-16)3-2-4-14-7-13/h10-11,14-15H,2-9H2,1H3/t10-,11-/m1/s1. The molecule has 0 radical (unpaired) electrons. The third-order valence-electron chi connectivity index (χ3n) is 4.36. The largest absolute Gasteiger partial charge is 0.363 e. The topological polar surface area (TPSA) is 53.6 Å². The number of likely N-dealkylation sites (tertiary alicyclic amines) is 1. The van der Waals surface area contributed by atoms with Gasteiger partial charge < -0.3 is 20.3 Å². The van der Waals surface area contributed by atoms with Gasteiger partial charge in [-0.1, -0.05) is 0 Å². The van der Waals surface area contributed by atoms with Crippen LogP contribution in [0.15, 0.2) is 0 Å². The monoisotopic (exact) mass is 253 g/mol. The number of nitrogens with zero attached hydrogens (tertiary/aromatic N) is 1. The minimum Gasteiger partial charge on any atom is -0.363 e. The van der Waals surface area contributed by atoms with Crippen molar-refractivity contribution in [2.24, 2.45) is 5.41 Å². The number of hydrogen-bond acceptors (Lipinski definition) is 4. The van der Waals surface area contributed by atoms with Crippen LogP contribution in [0, 0.1) is 5.41 Å². The fraction of sp³-hybridized carbons (Fsp3) is 0.923. The molecule has 0 aromatic rings. The Kier molecular flexibility index (Phi) is 3.30. The van der Waals surface area contributed by atoms with Gasteiger partial charge in [-0.05, 0) is 26.3 Å². The quantitative estimate of drug-likeness (QED) is 0.666. The summed E-state index contributed by atoms with van der Waals surface area (Å²) in [6, 6.07) is 0. The van der Waals surface area contributed by atoms with Gasteiger partial charge in [0.15, 0.2) is 0 Å². The molecule has 18 heavy (non-hydrogen) atoms. The van der Waals surface area contributed by atoms with Crippen LogP contribution >= 0.6 is 0 Å². The molecule has 1 amide bonds. The molecule has 0 aliphatic carbocycles. The molecule has 1 spiro atoms. The van der Waals surface area contributed by atoms with Gasteiger partial charge in [-0.15, -0.1) is 0 Å². The van der Waals surface area contributed by atoms with Crippen molar-refractivity contribution in [2.75, 3.05) is 39.3 Å². The zero-order valence-corrected chi connectivity index (χ0v) is 11.1. The van der Waals surface area contributed by atoms with Crippen LogP contribution in [0.5, 0.6) is 0 Å². The number of amides is 1. The summed E-state index contributed by atoms with van der Waals surface area (Å²) in [5.41, 5.74) is 0.363. The van der Waals surface area contributed by atoms with E-state index in [0.29, 0.717) is 12.0 Å². The van der Waals surface area contributed by atoms with Crippen molar-refractivity contribution in [3.8, 4) is 0 Å². The summed E-state index contributed by atoms with van der Waals surface area (Å²) in [5, 5.41) is 6.70. The van der Waals surface area contributed by atoms with Crippen LogP contribution in [0.4, 0.5) is 0 Å². The molecule has 0 unspecified atom stereocenters. The minimum atomic E-state index is -0.275. The van der Waals surface area contributed by atoms with E-state index in [1.807, 2.05) is 11.8 Å². The third kappa shape index (κ3) is 2.27. The fourth-order valence-corrected chi connectivity index (χ4v) is 3.36. The number of piperidine rings is 1. The molecule has 0 aromatic heterocycles. The van der Waals surface area contributed by atoms with Gasteiger partial charge >= 0.3 is 0 Å². The molecular formula is C13H23N3O2. The Balaban J connectivity index is 1.52. The molecule has 2 N–H and O–H groups in total. The number of ether oxygens (including phenoxy) is 1. The summed E-state index contributed by atoms with van der Waals surface area (Å²) < 4.78 is 5.71. The Morgan fingerprint density at radius 1 is 1.33 bits per heavy atom. The Labute approximate surface area is 108 Å². The minimum absolute atomic E-state index is 0.138. The molecule has 5 nitrogen and oxygen atoms in total. The normalized spacial score (nSPS) is 35.3. The molecule has 3 heterocycles. The van der Waals surface area contributed by atoms with Crippen LogP contribution in [0.25, 0.3) is 0 Å². The number of rotatable bonds is 1. The number of carbonyl (C=O) groups is 1. The maximum absolute atomic E-state index is 12.3. The molecule has 3 saturated heterocycles. The van der Waals surface area contributed by atoms with Crippen molar-refractivity contribution in [1.82, 2.24) is 15.5 Å². The number of nitrogens with one attached hydrogen (secondary N) is 2. The van der Waals surface area contributed by atoms with E-state index in [-0.39, 0.29) is 18.1 Å². The second-order valence-electron chi connectivity index (χ2n) is 6.07. The third-order valence-corrected chi connectivity index (χ3v) is 4.36. The highest BCUT2D eigenvalue weighted by Gasteiger charge is 2.47. The SMILES string of the molecule is C[C@@H]1CNC[C@H](C(=O)N2CC3(CCCNC3)C2)O1. The predicted molar refractivity (Wildman–Crippen MR) is 68.3 cm³/mol. The van der Waals surface area contributed by atoms with E-state index in [1.54, 1.807) is 0 Å². The van der Waals surface area contributed by atoms with E-state index in [1.165, 1.54) is 12.8 Å². The van der Waals surface area contributed by atoms with E-state index in [2.05, 4.69) is 10.6 Å². The highest BCUT2D eigenvalue weighted by atomic mass is 16.5. The van der Waals surface area contributed by atoms with Crippen molar-refractivity contribution < 1.29 is 9.53 Å². The lowest BCUT2D eigenvalue weighted by Gasteiger charge is -2.53. The molecule has 2 atom stereocenters. The molecular weight excluding hydrogens is 230 g/mol. The number of morpholine rings is 1. The van der Waals surface area contributed by atoms with Gasteiger partial charge in [0.1, 0.15) is 6.10 Å². The van der Waals surface area contributed by atoms with Crippen molar-refractivity contribution in [1.29, 1.82) is 0 Å². The summed E-state index contributed by atoms with van der Waals surface area (Å²) >= 11 is 0. The summed E-state index contributed by atoms with van der Waals surface area (Å²) in [5.74, 6) is 0.172. The first kappa shape index (κ1) is 12.4. The molecule has 102 valence electrons. The van der Waals surface area contributed by atoms with Gasteiger partial charge in [0.2, 0.25) is 0 Å². The van der Waals surface area contributed by atoms with Crippen LogP contribution in [0.1, 0.15) is 19.8 Å². The Morgan fingerprint density at radius 2 is 2.17 bits per heavy atom. The first-order valence-corrected chi connectivity index (χ1v) is 7.04. The fourth-order valence-electron chi connectivity index (χ4n) is 3.36. The van der Waals surface area contributed by atoms with Crippen LogP contribution in [0.3, 0.4) is 0 Å². The van der Waals surface area contributed by atoms with Gasteiger partial charge in [0.25, 0.3) is 5.91 Å². The predicted octanol–water partition coefficient (Wildman–Crippen LogP) is -0.425. The van der Waals surface area contributed by atoms with Crippen molar-refractivity contribution in [2.45, 2.75) is 32.0 Å². The van der Waals surface area contributed by atoms with E-state index < -0.39 is 0 Å². The molecule has 0 saturated carbocycles. The average molecular weight is 253 g/mol. The van der Waals surface area contributed by atoms with Crippen LogP contribution in [0.2, 0.25) is 0 Å². The number of hydrogen-bond donors (Lipinski definition) is 2. The summed E-state index contributed by atoms with van der Waals surface area (Å²) in [7, 11) is 0. The molecule has 3 fully saturated rings. The second kappa shape index (κ2) is 4.79. The smallest absolute Gasteiger partial charge is 0.253 e. The molecule has 0 aromatic carbocycles. The van der Waals surface area contributed by atoms with E-state index in [4.69, 9.17) is 4.74 Å². The number of carbonyl (C=O) groups excluding carboxylic acids is 1. The lowest BCUT2D eigenvalue weighted by atomic mass is 9.74. The van der Waals surface area contributed by atoms with Gasteiger partial charge in [-0.3, -0.25) is 4.79 Å². The molecule has 0 bridgehead atoms. The van der Waals surface area contributed by atoms with E-state index in [9.17, 15) is 4.79 Å². The summed E-state index contributed by atoms with van der Waals surface area (Å²) in [6.07, 6.45) is 2.35. The van der Waals surface area contributed by atoms with Crippen molar-refractivity contribution >= 4 is 5.91 Å². The summed E-state index contributed by atoms with van der Waals surface area (Å²) in [6.45, 7) is 7.53. The first-order valence-electron chi connectivity index (χ1n) is 7.04. The summed E-state index contributed by atoms with van der Waals surface area (Å²) in [4.78, 5) is 14.3. The highest BCUT2D eigenvalue weighted by molar-refractivity contribution is 5.82. The van der Waals surface area contributed by atoms with Gasteiger partial charge in [0.05, 0.1) is 6.10 Å². The molecule has 3 aliphatic rings. The van der Waals surface area contributed by atoms with Crippen LogP contribution in [-0.2, 0) is 9.53 Å². The lowest BCUT2D eigenvalue weighted by molar-refractivity contribution is -0.162. The zero-order valence-electron chi connectivity index (χ0n) is 11.1. The Morgan fingerprint density at radius 3 is 2.83 bits per heavy atom. The van der Waals surface area contributed by atoms with Gasteiger partial charge in [-0.2, -0.15) is 0 Å². The van der Waals surface area contributed by atoms with E-state index >= 15 is 0 Å². The van der Waals surface area contributed by atoms with Gasteiger partial charge in [0, 0.05) is 38.1 Å². The molecule has 5 heteroatoms. The molecule has 3 aliphatic heterocycles. The Bertz CT molecular complexity index is 320. The lowest BCUT2D eigenvalue weighted by Crippen LogP contribution is -2.66. The second-order valence-corrected chi connectivity index (χ2v) is 6.07. The Hall–Kier alpha value is -0.650. The molecule has 3 rings (SSSR count). The average Bonchev–Trinajstić information content (AvgIpc) is 2.36. The first-order chi connectivity index (χ1) is 8.69. The highest BCUT2D eigenvalue weighted by Crippen LogP contribution is 2.36. The van der Waals surface area contributed by atoms with Crippen molar-refractivity contribution in [3.63, 3.8) is 0 Å². The zero-order chi connectivity index (χ0) is 12.6. The maximum Gasteiger partial charge on any atom is 0.253 e. The van der Waals surface area contributed by atoms with Crippen LogP contribution < -0.4 is 10.6 Å². The van der Waals surface area contributed by atoms with Gasteiger partial charge in [-0.25, -0.2) is 0 Å². The van der Waals surface area contributed by atoms with E-state index in [0.717, 1.165) is 32.7 Å². The van der Waals surface area contributed by atoms with Crippen LogP contribution in [-0.4, -0.2) is 62.3 Å². The van der Waals surface area contributed by atoms with Crippen molar-refractivity contribution in [3.05, 3.63) is 0 Å². The maximum atomic E-state index is 12.3.